The highest BCUT2D eigenvalue weighted by atomic mass is 19.1. The third kappa shape index (κ3) is 4.79. The molecule has 0 saturated heterocycles. The van der Waals surface area contributed by atoms with Crippen LogP contribution in [0.5, 0.6) is 5.75 Å². The normalized spacial score (nSPS) is 16.3. The third-order valence-electron chi connectivity index (χ3n) is 4.58. The molecular formula is C22H26FNO3. The molecule has 1 aliphatic heterocycles. The van der Waals surface area contributed by atoms with Gasteiger partial charge in [-0.3, -0.25) is 0 Å². The molecule has 1 N–H and O–H groups in total. The van der Waals surface area contributed by atoms with E-state index in [-0.39, 0.29) is 11.7 Å². The van der Waals surface area contributed by atoms with Crippen LogP contribution in [0.2, 0.25) is 0 Å². The number of hydrogen-bond acceptors (Lipinski definition) is 3. The zero-order valence-corrected chi connectivity index (χ0v) is 16.3. The van der Waals surface area contributed by atoms with Gasteiger partial charge in [0.1, 0.15) is 17.2 Å². The molecule has 2 aromatic rings. The molecule has 0 aromatic heterocycles. The van der Waals surface area contributed by atoms with E-state index in [4.69, 9.17) is 9.47 Å². The summed E-state index contributed by atoms with van der Waals surface area (Å²) in [5.74, 6) is 0.691. The largest absolute Gasteiger partial charge is 0.493 e. The van der Waals surface area contributed by atoms with E-state index in [1.54, 1.807) is 12.1 Å². The number of carbonyl (C=O) groups is 1. The van der Waals surface area contributed by atoms with E-state index in [9.17, 15) is 9.18 Å². The van der Waals surface area contributed by atoms with Gasteiger partial charge in [0.25, 0.3) is 0 Å². The van der Waals surface area contributed by atoms with E-state index in [1.165, 1.54) is 6.07 Å². The SMILES string of the molecule is Cc1ccc(F)cc1-c1ccc2c(c1)OCC[C@H]2CNC(=O)OC(C)(C)C. The first-order chi connectivity index (χ1) is 12.7. The summed E-state index contributed by atoms with van der Waals surface area (Å²) in [5, 5.41) is 2.85. The first-order valence-corrected chi connectivity index (χ1v) is 9.23. The number of amides is 1. The van der Waals surface area contributed by atoms with Crippen molar-refractivity contribution in [3.05, 3.63) is 53.3 Å². The van der Waals surface area contributed by atoms with Crippen LogP contribution in [0.1, 0.15) is 44.2 Å². The van der Waals surface area contributed by atoms with E-state index >= 15 is 0 Å². The Morgan fingerprint density at radius 1 is 1.26 bits per heavy atom. The second-order valence-electron chi connectivity index (χ2n) is 7.93. The minimum atomic E-state index is -0.518. The molecule has 1 atom stereocenters. The van der Waals surface area contributed by atoms with E-state index in [0.29, 0.717) is 13.2 Å². The van der Waals surface area contributed by atoms with Gasteiger partial charge >= 0.3 is 6.09 Å². The van der Waals surface area contributed by atoms with Crippen molar-refractivity contribution in [2.75, 3.05) is 13.2 Å². The Bertz CT molecular complexity index is 842. The van der Waals surface area contributed by atoms with Gasteiger partial charge in [-0.25, -0.2) is 9.18 Å². The van der Waals surface area contributed by atoms with Crippen molar-refractivity contribution in [1.82, 2.24) is 5.32 Å². The maximum Gasteiger partial charge on any atom is 0.407 e. The van der Waals surface area contributed by atoms with Crippen molar-refractivity contribution in [2.24, 2.45) is 0 Å². The molecular weight excluding hydrogens is 345 g/mol. The predicted molar refractivity (Wildman–Crippen MR) is 104 cm³/mol. The fourth-order valence-electron chi connectivity index (χ4n) is 3.27. The summed E-state index contributed by atoms with van der Waals surface area (Å²) in [5.41, 5.74) is 3.32. The first kappa shape index (κ1) is 19.2. The molecule has 0 aliphatic carbocycles. The molecule has 0 unspecified atom stereocenters. The van der Waals surface area contributed by atoms with Crippen LogP contribution in [0, 0.1) is 12.7 Å². The molecule has 0 fully saturated rings. The molecule has 0 radical (unpaired) electrons. The van der Waals surface area contributed by atoms with Crippen molar-refractivity contribution in [1.29, 1.82) is 0 Å². The lowest BCUT2D eigenvalue weighted by atomic mass is 9.90. The van der Waals surface area contributed by atoms with E-state index < -0.39 is 11.7 Å². The van der Waals surface area contributed by atoms with Crippen LogP contribution in [0.25, 0.3) is 11.1 Å². The van der Waals surface area contributed by atoms with E-state index in [1.807, 2.05) is 45.9 Å². The van der Waals surface area contributed by atoms with E-state index in [0.717, 1.165) is 34.4 Å². The van der Waals surface area contributed by atoms with Gasteiger partial charge < -0.3 is 14.8 Å². The molecule has 1 amide bonds. The van der Waals surface area contributed by atoms with Crippen LogP contribution in [0.15, 0.2) is 36.4 Å². The molecule has 0 saturated carbocycles. The summed E-state index contributed by atoms with van der Waals surface area (Å²) >= 11 is 0. The summed E-state index contributed by atoms with van der Waals surface area (Å²) in [6, 6.07) is 10.7. The summed E-state index contributed by atoms with van der Waals surface area (Å²) in [6.45, 7) is 8.55. The van der Waals surface area contributed by atoms with Gasteiger partial charge in [-0.05, 0) is 74.6 Å². The smallest absolute Gasteiger partial charge is 0.407 e. The number of ether oxygens (including phenoxy) is 2. The molecule has 144 valence electrons. The lowest BCUT2D eigenvalue weighted by Crippen LogP contribution is -2.35. The zero-order chi connectivity index (χ0) is 19.6. The number of benzene rings is 2. The maximum atomic E-state index is 13.6. The summed E-state index contributed by atoms with van der Waals surface area (Å²) in [7, 11) is 0. The average Bonchev–Trinajstić information content (AvgIpc) is 2.60. The lowest BCUT2D eigenvalue weighted by Gasteiger charge is -2.27. The highest BCUT2D eigenvalue weighted by Gasteiger charge is 2.24. The van der Waals surface area contributed by atoms with Crippen LogP contribution in [0.4, 0.5) is 9.18 Å². The van der Waals surface area contributed by atoms with Crippen molar-refractivity contribution in [3.63, 3.8) is 0 Å². The van der Waals surface area contributed by atoms with Gasteiger partial charge in [-0.2, -0.15) is 0 Å². The Balaban J connectivity index is 1.77. The molecule has 4 nitrogen and oxygen atoms in total. The van der Waals surface area contributed by atoms with E-state index in [2.05, 4.69) is 5.32 Å². The molecule has 3 rings (SSSR count). The topological polar surface area (TPSA) is 47.6 Å². The van der Waals surface area contributed by atoms with Gasteiger partial charge in [0.15, 0.2) is 0 Å². The Hall–Kier alpha value is -2.56. The average molecular weight is 371 g/mol. The Kier molecular flexibility index (Phi) is 5.40. The summed E-state index contributed by atoms with van der Waals surface area (Å²) in [6.07, 6.45) is 0.406. The predicted octanol–water partition coefficient (Wildman–Crippen LogP) is 5.19. The molecule has 5 heteroatoms. The molecule has 1 aliphatic rings. The molecule has 27 heavy (non-hydrogen) atoms. The van der Waals surface area contributed by atoms with Gasteiger partial charge in [0.2, 0.25) is 0 Å². The highest BCUT2D eigenvalue weighted by Crippen LogP contribution is 2.37. The minimum absolute atomic E-state index is 0.156. The summed E-state index contributed by atoms with van der Waals surface area (Å²) in [4.78, 5) is 11.9. The monoisotopic (exact) mass is 371 g/mol. The maximum absolute atomic E-state index is 13.6. The summed E-state index contributed by atoms with van der Waals surface area (Å²) < 4.78 is 24.8. The third-order valence-corrected chi connectivity index (χ3v) is 4.58. The molecule has 0 spiro atoms. The first-order valence-electron chi connectivity index (χ1n) is 9.23. The van der Waals surface area contributed by atoms with Crippen LogP contribution in [-0.4, -0.2) is 24.8 Å². The van der Waals surface area contributed by atoms with Crippen LogP contribution >= 0.6 is 0 Å². The lowest BCUT2D eigenvalue weighted by molar-refractivity contribution is 0.0521. The van der Waals surface area contributed by atoms with Crippen molar-refractivity contribution in [2.45, 2.75) is 45.6 Å². The Morgan fingerprint density at radius 2 is 2.04 bits per heavy atom. The quantitative estimate of drug-likeness (QED) is 0.807. The standard InChI is InChI=1S/C22H26FNO3/c1-14-5-7-17(23)12-19(14)15-6-8-18-16(9-10-26-20(18)11-15)13-24-21(25)27-22(2,3)4/h5-8,11-12,16H,9-10,13H2,1-4H3,(H,24,25)/t16-/m0/s1. The highest BCUT2D eigenvalue weighted by molar-refractivity contribution is 5.70. The number of nitrogens with one attached hydrogen (secondary N) is 1. The number of hydrogen-bond donors (Lipinski definition) is 1. The number of fused-ring (bicyclic) bond motifs is 1. The Labute approximate surface area is 159 Å². The second-order valence-corrected chi connectivity index (χ2v) is 7.93. The number of alkyl carbamates (subject to hydrolysis) is 1. The fraction of sp³-hybridized carbons (Fsp3) is 0.409. The minimum Gasteiger partial charge on any atom is -0.493 e. The van der Waals surface area contributed by atoms with Crippen LogP contribution < -0.4 is 10.1 Å². The van der Waals surface area contributed by atoms with Crippen molar-refractivity contribution < 1.29 is 18.7 Å². The van der Waals surface area contributed by atoms with Crippen LogP contribution in [-0.2, 0) is 4.74 Å². The number of rotatable bonds is 3. The van der Waals surface area contributed by atoms with Gasteiger partial charge in [0, 0.05) is 12.5 Å². The van der Waals surface area contributed by atoms with Crippen LogP contribution in [0.3, 0.4) is 0 Å². The molecule has 0 bridgehead atoms. The molecule has 2 aromatic carbocycles. The Morgan fingerprint density at radius 3 is 2.78 bits per heavy atom. The van der Waals surface area contributed by atoms with Crippen molar-refractivity contribution in [3.8, 4) is 16.9 Å². The second kappa shape index (κ2) is 7.59. The van der Waals surface area contributed by atoms with Crippen molar-refractivity contribution >= 4 is 6.09 Å². The molecule has 1 heterocycles. The number of aryl methyl sites for hydroxylation is 1. The van der Waals surface area contributed by atoms with Gasteiger partial charge in [-0.1, -0.05) is 18.2 Å². The van der Waals surface area contributed by atoms with Gasteiger partial charge in [0.05, 0.1) is 6.61 Å². The zero-order valence-electron chi connectivity index (χ0n) is 16.3. The fourth-order valence-corrected chi connectivity index (χ4v) is 3.27. The number of carbonyl (C=O) groups excluding carboxylic acids is 1. The number of halogens is 1. The van der Waals surface area contributed by atoms with Gasteiger partial charge in [-0.15, -0.1) is 0 Å².